The standard InChI is InChI=1S/C55H45BN2O17/c1-3-25(27-18-22-31(23-19-27)58(29-12-8-5-9-13-29)37-48(68)40(60)33(41(61)49(37)69)32-39(59)36(56)47(67)52(72)44(32)64)15-14-24(2)26-16-20-30(21-17-26)57(28-10-6-4-7-11-28)38-50(70)42(62)34(43(63)51(38)71)35-45(65)53(73)55(75)54(74)46(35)66/h3-23,59-75H,2,56H2,1H3/b15-14-,25-3+. The maximum Gasteiger partial charge on any atom is 0.208 e. The number of hydrogen-bond acceptors (Lipinski definition) is 19. The molecular formula is C55H45BN2O17. The Hall–Kier alpha value is -10.8. The van der Waals surface area contributed by atoms with Crippen LogP contribution in [0.15, 0.2) is 134 Å². The molecule has 75 heavy (non-hydrogen) atoms. The number of aromatic hydroxyl groups is 17. The lowest BCUT2D eigenvalue weighted by Crippen LogP contribution is -2.11. The number of hydrogen-bond donors (Lipinski definition) is 17. The highest BCUT2D eigenvalue weighted by molar-refractivity contribution is 6.37. The molecule has 0 aromatic heterocycles. The number of anilines is 6. The summed E-state index contributed by atoms with van der Waals surface area (Å²) in [6.07, 6.45) is 5.33. The molecule has 0 amide bonds. The minimum Gasteiger partial charge on any atom is -0.508 e. The predicted octanol–water partition coefficient (Wildman–Crippen LogP) is 8.89. The first kappa shape index (κ1) is 50.6. The van der Waals surface area contributed by atoms with Crippen molar-refractivity contribution in [2.75, 3.05) is 9.80 Å². The van der Waals surface area contributed by atoms with E-state index in [4.69, 9.17) is 0 Å². The van der Waals surface area contributed by atoms with E-state index in [2.05, 4.69) is 6.58 Å². The summed E-state index contributed by atoms with van der Waals surface area (Å²) >= 11 is 0. The molecule has 19 nitrogen and oxygen atoms in total. The number of phenolic OH excluding ortho intramolecular Hbond substituents is 17. The Morgan fingerprint density at radius 3 is 1.00 bits per heavy atom. The number of benzene rings is 8. The van der Waals surface area contributed by atoms with E-state index in [1.807, 2.05) is 6.08 Å². The first-order valence-electron chi connectivity index (χ1n) is 22.2. The number of nitrogens with zero attached hydrogens (tertiary/aromatic N) is 2. The molecule has 0 unspecified atom stereocenters. The first-order valence-corrected chi connectivity index (χ1v) is 22.2. The van der Waals surface area contributed by atoms with Crippen LogP contribution in [0.1, 0.15) is 18.1 Å². The second-order valence-corrected chi connectivity index (χ2v) is 16.8. The van der Waals surface area contributed by atoms with Crippen molar-refractivity contribution < 1.29 is 86.8 Å². The zero-order valence-corrected chi connectivity index (χ0v) is 39.3. The van der Waals surface area contributed by atoms with Gasteiger partial charge in [-0.05, 0) is 83.2 Å². The highest BCUT2D eigenvalue weighted by atomic mass is 16.4. The molecule has 380 valence electrons. The van der Waals surface area contributed by atoms with Crippen LogP contribution in [0.3, 0.4) is 0 Å². The summed E-state index contributed by atoms with van der Waals surface area (Å²) in [6, 6.07) is 29.6. The SMILES string of the molecule is Bc1c(O)c(O)c(O)c(-c2c(O)c(O)c(N(c3ccccc3)c3ccc(C(/C=C\C(=C)c4ccc(N(c5ccccc5)c5c(O)c(O)c(-c6c(O)c(O)c(O)c(O)c6O)c(O)c5O)cc4)=C/C)cc3)c(O)c2O)c1O. The van der Waals surface area contributed by atoms with Crippen molar-refractivity contribution >= 4 is 58.6 Å². The Bertz CT molecular complexity index is 3540. The third-order valence-corrected chi connectivity index (χ3v) is 12.5. The van der Waals surface area contributed by atoms with Crippen molar-refractivity contribution in [2.45, 2.75) is 6.92 Å². The second-order valence-electron chi connectivity index (χ2n) is 16.8. The van der Waals surface area contributed by atoms with Crippen LogP contribution in [-0.2, 0) is 0 Å². The number of rotatable bonds is 12. The van der Waals surface area contributed by atoms with E-state index >= 15 is 0 Å². The van der Waals surface area contributed by atoms with Gasteiger partial charge >= 0.3 is 0 Å². The molecule has 0 saturated heterocycles. The quantitative estimate of drug-likeness (QED) is 0.0235. The highest BCUT2D eigenvalue weighted by Crippen LogP contribution is 2.65. The maximum atomic E-state index is 11.5. The zero-order chi connectivity index (χ0) is 54.5. The van der Waals surface area contributed by atoms with Crippen molar-refractivity contribution in [1.82, 2.24) is 0 Å². The molecular weight excluding hydrogens is 971 g/mol. The van der Waals surface area contributed by atoms with Crippen molar-refractivity contribution in [2.24, 2.45) is 0 Å². The average Bonchev–Trinajstić information content (AvgIpc) is 3.42. The molecule has 0 radical (unpaired) electrons. The van der Waals surface area contributed by atoms with Gasteiger partial charge < -0.3 is 96.6 Å². The van der Waals surface area contributed by atoms with Gasteiger partial charge in [-0.2, -0.15) is 0 Å². The van der Waals surface area contributed by atoms with E-state index in [-0.39, 0.29) is 11.2 Å². The van der Waals surface area contributed by atoms with E-state index in [9.17, 15) is 86.8 Å². The number of allylic oxidation sites excluding steroid dienone is 5. The normalized spacial score (nSPS) is 11.5. The van der Waals surface area contributed by atoms with Crippen LogP contribution in [0.4, 0.5) is 34.1 Å². The van der Waals surface area contributed by atoms with Gasteiger partial charge in [-0.3, -0.25) is 0 Å². The lowest BCUT2D eigenvalue weighted by Gasteiger charge is -2.28. The fraction of sp³-hybridized carbons (Fsp3) is 0.0182. The minimum atomic E-state index is -1.34. The Morgan fingerprint density at radius 2 is 0.640 bits per heavy atom. The molecule has 0 atom stereocenters. The molecule has 0 bridgehead atoms. The number of para-hydroxylation sites is 2. The van der Waals surface area contributed by atoms with E-state index in [1.165, 1.54) is 17.6 Å². The van der Waals surface area contributed by atoms with Gasteiger partial charge in [0.1, 0.15) is 25.0 Å². The molecule has 8 aromatic rings. The molecule has 0 aliphatic heterocycles. The van der Waals surface area contributed by atoms with E-state index < -0.39 is 131 Å². The van der Waals surface area contributed by atoms with Crippen LogP contribution in [0.2, 0.25) is 0 Å². The Morgan fingerprint density at radius 1 is 0.347 bits per heavy atom. The summed E-state index contributed by atoms with van der Waals surface area (Å²) in [4.78, 5) is 2.59. The molecule has 0 aliphatic carbocycles. The van der Waals surface area contributed by atoms with Crippen LogP contribution in [0.5, 0.6) is 97.7 Å². The molecule has 0 heterocycles. The van der Waals surface area contributed by atoms with Gasteiger partial charge in [0.05, 0.1) is 22.3 Å². The summed E-state index contributed by atoms with van der Waals surface area (Å²) in [6.45, 7) is 6.00. The molecule has 0 aliphatic rings. The van der Waals surface area contributed by atoms with Crippen molar-refractivity contribution in [1.29, 1.82) is 0 Å². The molecule has 8 aromatic carbocycles. The lowest BCUT2D eigenvalue weighted by molar-refractivity contribution is 0.329. The lowest BCUT2D eigenvalue weighted by atomic mass is 9.87. The van der Waals surface area contributed by atoms with E-state index in [0.717, 1.165) is 0 Å². The van der Waals surface area contributed by atoms with Crippen LogP contribution in [0, 0.1) is 0 Å². The maximum absolute atomic E-state index is 11.5. The minimum absolute atomic E-state index is 0.262. The van der Waals surface area contributed by atoms with Gasteiger partial charge in [-0.15, -0.1) is 0 Å². The largest absolute Gasteiger partial charge is 0.508 e. The Balaban J connectivity index is 1.10. The molecule has 0 saturated carbocycles. The van der Waals surface area contributed by atoms with Crippen LogP contribution >= 0.6 is 0 Å². The molecule has 17 N–H and O–H groups in total. The first-order chi connectivity index (χ1) is 35.6. The molecule has 0 fully saturated rings. The molecule has 0 spiro atoms. The Kier molecular flexibility index (Phi) is 13.1. The van der Waals surface area contributed by atoms with Gasteiger partial charge in [0.25, 0.3) is 0 Å². The Labute approximate surface area is 425 Å². The average molecular weight is 1020 g/mol. The van der Waals surface area contributed by atoms with Gasteiger partial charge in [-0.1, -0.05) is 85.5 Å². The predicted molar refractivity (Wildman–Crippen MR) is 281 cm³/mol. The van der Waals surface area contributed by atoms with Gasteiger partial charge in [0.15, 0.2) is 69.0 Å². The second kappa shape index (κ2) is 19.4. The fourth-order valence-corrected chi connectivity index (χ4v) is 8.49. The van der Waals surface area contributed by atoms with E-state index in [0.29, 0.717) is 39.3 Å². The number of phenols is 17. The topological polar surface area (TPSA) is 350 Å². The highest BCUT2D eigenvalue weighted by Gasteiger charge is 2.36. The van der Waals surface area contributed by atoms with Crippen molar-refractivity contribution in [3.05, 3.63) is 145 Å². The van der Waals surface area contributed by atoms with Crippen LogP contribution in [0.25, 0.3) is 33.4 Å². The van der Waals surface area contributed by atoms with Crippen LogP contribution < -0.4 is 15.3 Å². The fourth-order valence-electron chi connectivity index (χ4n) is 8.49. The van der Waals surface area contributed by atoms with Crippen LogP contribution in [-0.4, -0.2) is 94.7 Å². The summed E-state index contributed by atoms with van der Waals surface area (Å²) in [5.74, 6) is -19.5. The monoisotopic (exact) mass is 1020 g/mol. The van der Waals surface area contributed by atoms with Gasteiger partial charge in [-0.25, -0.2) is 0 Å². The summed E-state index contributed by atoms with van der Waals surface area (Å²) in [7, 11) is 1.17. The summed E-state index contributed by atoms with van der Waals surface area (Å²) in [5, 5.41) is 185. The molecule has 8 rings (SSSR count). The van der Waals surface area contributed by atoms with E-state index in [1.54, 1.807) is 128 Å². The molecule has 20 heteroatoms. The zero-order valence-electron chi connectivity index (χ0n) is 39.3. The summed E-state index contributed by atoms with van der Waals surface area (Å²) < 4.78 is 0. The van der Waals surface area contributed by atoms with Crippen molar-refractivity contribution in [3.63, 3.8) is 0 Å². The van der Waals surface area contributed by atoms with Gasteiger partial charge in [0, 0.05) is 22.7 Å². The third kappa shape index (κ3) is 8.38. The van der Waals surface area contributed by atoms with Gasteiger partial charge in [0.2, 0.25) is 23.0 Å². The van der Waals surface area contributed by atoms with Crippen molar-refractivity contribution in [3.8, 4) is 120 Å². The third-order valence-electron chi connectivity index (χ3n) is 12.5. The smallest absolute Gasteiger partial charge is 0.208 e. The summed E-state index contributed by atoms with van der Waals surface area (Å²) in [5.41, 5.74) is -1.41.